The number of methoxy groups -OCH3 is 1. The van der Waals surface area contributed by atoms with Gasteiger partial charge in [0.1, 0.15) is 17.0 Å². The molecule has 11 heteroatoms. The van der Waals surface area contributed by atoms with Crippen LogP contribution in [0.3, 0.4) is 0 Å². The van der Waals surface area contributed by atoms with Gasteiger partial charge in [-0.25, -0.2) is 9.48 Å². The van der Waals surface area contributed by atoms with E-state index in [-0.39, 0.29) is 11.3 Å². The van der Waals surface area contributed by atoms with Gasteiger partial charge in [0.05, 0.1) is 18.5 Å². The lowest BCUT2D eigenvalue weighted by Gasteiger charge is -2.30. The highest BCUT2D eigenvalue weighted by molar-refractivity contribution is 9.10. The van der Waals surface area contributed by atoms with Crippen LogP contribution in [-0.4, -0.2) is 50.1 Å². The molecule has 10 nitrogen and oxygen atoms in total. The molecule has 1 amide bonds. The second kappa shape index (κ2) is 8.67. The third kappa shape index (κ3) is 3.51. The molecule has 1 aromatic heterocycles. The zero-order valence-electron chi connectivity index (χ0n) is 18.9. The van der Waals surface area contributed by atoms with E-state index >= 15 is 0 Å². The number of ketones is 1. The molecule has 3 aromatic rings. The van der Waals surface area contributed by atoms with Gasteiger partial charge in [-0.15, -0.1) is 0 Å². The third-order valence-electron chi connectivity index (χ3n) is 5.87. The van der Waals surface area contributed by atoms with E-state index in [4.69, 9.17) is 4.74 Å². The first kappa shape index (κ1) is 24.2. The number of aliphatic hydroxyl groups excluding tert-OH is 1. The van der Waals surface area contributed by atoms with Crippen molar-refractivity contribution in [3.8, 4) is 5.69 Å². The maximum Gasteiger partial charge on any atom is 0.365 e. The molecule has 0 spiro atoms. The predicted octanol–water partition coefficient (Wildman–Crippen LogP) is 1.99. The van der Waals surface area contributed by atoms with E-state index in [0.717, 1.165) is 7.11 Å². The van der Waals surface area contributed by atoms with E-state index in [0.29, 0.717) is 15.1 Å². The Morgan fingerprint density at radius 3 is 2.20 bits per heavy atom. The Balaban J connectivity index is 2.02. The highest BCUT2D eigenvalue weighted by atomic mass is 79.9. The van der Waals surface area contributed by atoms with Crippen molar-refractivity contribution < 1.29 is 29.3 Å². The molecular formula is C24H20BrN3O7. The third-order valence-corrected chi connectivity index (χ3v) is 6.40. The summed E-state index contributed by atoms with van der Waals surface area (Å²) in [7, 11) is 2.49. The highest BCUT2D eigenvalue weighted by Gasteiger charge is 2.63. The summed E-state index contributed by atoms with van der Waals surface area (Å²) in [5.74, 6) is -4.96. The molecular weight excluding hydrogens is 522 g/mol. The van der Waals surface area contributed by atoms with Crippen LogP contribution in [0.5, 0.6) is 0 Å². The fourth-order valence-corrected chi connectivity index (χ4v) is 4.33. The molecule has 0 radical (unpaired) electrons. The van der Waals surface area contributed by atoms with Crippen molar-refractivity contribution in [2.45, 2.75) is 12.6 Å². The number of aromatic nitrogens is 2. The molecule has 0 aliphatic carbocycles. The molecule has 1 aliphatic rings. The maximum atomic E-state index is 13.5. The van der Waals surface area contributed by atoms with Gasteiger partial charge in [0.15, 0.2) is 0 Å². The van der Waals surface area contributed by atoms with Gasteiger partial charge in [-0.1, -0.05) is 46.3 Å². The Labute approximate surface area is 207 Å². The van der Waals surface area contributed by atoms with Gasteiger partial charge < -0.3 is 14.9 Å². The lowest BCUT2D eigenvalue weighted by Crippen LogP contribution is -2.55. The van der Waals surface area contributed by atoms with Crippen LogP contribution in [0.15, 0.2) is 69.4 Å². The molecule has 35 heavy (non-hydrogen) atoms. The van der Waals surface area contributed by atoms with Crippen LogP contribution in [0, 0.1) is 6.92 Å². The van der Waals surface area contributed by atoms with Gasteiger partial charge in [0.2, 0.25) is 0 Å². The molecule has 0 bridgehead atoms. The first-order valence-electron chi connectivity index (χ1n) is 10.3. The van der Waals surface area contributed by atoms with Crippen molar-refractivity contribution in [3.63, 3.8) is 0 Å². The smallest absolute Gasteiger partial charge is 0.365 e. The van der Waals surface area contributed by atoms with Crippen molar-refractivity contribution in [1.82, 2.24) is 9.36 Å². The Morgan fingerprint density at radius 1 is 1.03 bits per heavy atom. The van der Waals surface area contributed by atoms with Crippen LogP contribution in [0.25, 0.3) is 11.4 Å². The summed E-state index contributed by atoms with van der Waals surface area (Å²) in [6, 6.07) is 14.4. The van der Waals surface area contributed by atoms with Gasteiger partial charge >= 0.3 is 11.9 Å². The second-order valence-electron chi connectivity index (χ2n) is 7.77. The zero-order chi connectivity index (χ0) is 25.7. The predicted molar refractivity (Wildman–Crippen MR) is 129 cm³/mol. The van der Waals surface area contributed by atoms with Gasteiger partial charge in [-0.3, -0.25) is 24.0 Å². The fourth-order valence-electron chi connectivity index (χ4n) is 4.06. The number of amides is 1. The van der Waals surface area contributed by atoms with Crippen LogP contribution < -0.4 is 10.5 Å². The number of hydrogen-bond acceptors (Lipinski definition) is 7. The molecule has 1 atom stereocenters. The zero-order valence-corrected chi connectivity index (χ0v) is 20.4. The van der Waals surface area contributed by atoms with Crippen LogP contribution in [0.1, 0.15) is 11.3 Å². The lowest BCUT2D eigenvalue weighted by atomic mass is 9.97. The summed E-state index contributed by atoms with van der Waals surface area (Å²) < 4.78 is 8.02. The number of carbonyl (C=O) groups excluding carboxylic acids is 3. The van der Waals surface area contributed by atoms with Crippen LogP contribution in [0.2, 0.25) is 0 Å². The molecule has 1 unspecified atom stereocenters. The number of para-hydroxylation sites is 1. The number of benzene rings is 2. The first-order valence-corrected chi connectivity index (χ1v) is 11.1. The Hall–Kier alpha value is -3.96. The number of hydrogen-bond donors (Lipinski definition) is 2. The Bertz CT molecular complexity index is 1450. The van der Waals surface area contributed by atoms with Gasteiger partial charge in [0.25, 0.3) is 17.1 Å². The maximum absolute atomic E-state index is 13.5. The number of esters is 1. The summed E-state index contributed by atoms with van der Waals surface area (Å²) in [4.78, 5) is 53.1. The van der Waals surface area contributed by atoms with Crippen LogP contribution in [-0.2, 0) is 26.2 Å². The fraction of sp³-hybridized carbons (Fsp3) is 0.167. The highest BCUT2D eigenvalue weighted by Crippen LogP contribution is 2.40. The van der Waals surface area contributed by atoms with E-state index in [1.54, 1.807) is 49.5 Å². The van der Waals surface area contributed by atoms with E-state index < -0.39 is 46.0 Å². The van der Waals surface area contributed by atoms with Crippen LogP contribution in [0.4, 0.5) is 5.69 Å². The number of Topliss-reactive ketones (excluding diaryl/α,β-unsaturated/α-hetero) is 1. The summed E-state index contributed by atoms with van der Waals surface area (Å²) in [6.07, 6.45) is 0. The molecule has 1 saturated heterocycles. The average Bonchev–Trinajstić information content (AvgIpc) is 3.19. The molecule has 2 aromatic carbocycles. The standard InChI is InChI=1S/C24H20BrN3O7/c1-13-18(21(31)28(26(13)2)16-7-5-4-6-8-16)27-22(32)20(30)17(24(27,34)23(33)35-3)19(29)14-9-11-15(25)12-10-14/h4-12,29,34H,1-3H3/b19-17-. The summed E-state index contributed by atoms with van der Waals surface area (Å²) >= 11 is 3.25. The van der Waals surface area contributed by atoms with E-state index in [2.05, 4.69) is 15.9 Å². The molecule has 1 fully saturated rings. The summed E-state index contributed by atoms with van der Waals surface area (Å²) in [5, 5.41) is 22.5. The average molecular weight is 542 g/mol. The Morgan fingerprint density at radius 2 is 1.63 bits per heavy atom. The monoisotopic (exact) mass is 541 g/mol. The van der Waals surface area contributed by atoms with Crippen molar-refractivity contribution in [3.05, 3.63) is 86.3 Å². The number of ether oxygens (including phenoxy) is 1. The number of anilines is 1. The van der Waals surface area contributed by atoms with Gasteiger partial charge in [-0.2, -0.15) is 0 Å². The number of rotatable bonds is 4. The van der Waals surface area contributed by atoms with Crippen molar-refractivity contribution in [2.75, 3.05) is 12.0 Å². The van der Waals surface area contributed by atoms with E-state index in [9.17, 15) is 29.4 Å². The topological polar surface area (TPSA) is 131 Å². The summed E-state index contributed by atoms with van der Waals surface area (Å²) in [6.45, 7) is 1.49. The minimum atomic E-state index is -3.10. The number of nitrogens with zero attached hydrogens (tertiary/aromatic N) is 3. The SMILES string of the molecule is COC(=O)C1(O)/C(=C(\O)c2ccc(Br)cc2)C(=O)C(=O)N1c1c(C)n(C)n(-c2ccccc2)c1=O. The molecule has 1 aliphatic heterocycles. The number of aliphatic hydroxyl groups is 2. The quantitative estimate of drug-likeness (QED) is 0.223. The Kier molecular flexibility index (Phi) is 5.99. The largest absolute Gasteiger partial charge is 0.507 e. The molecule has 4 rings (SSSR count). The lowest BCUT2D eigenvalue weighted by molar-refractivity contribution is -0.158. The van der Waals surface area contributed by atoms with Gasteiger partial charge in [-0.05, 0) is 31.2 Å². The minimum absolute atomic E-state index is 0.0556. The van der Waals surface area contributed by atoms with Crippen molar-refractivity contribution >= 4 is 45.0 Å². The van der Waals surface area contributed by atoms with E-state index in [1.807, 2.05) is 0 Å². The molecule has 180 valence electrons. The molecule has 0 saturated carbocycles. The number of halogens is 1. The minimum Gasteiger partial charge on any atom is -0.507 e. The first-order chi connectivity index (χ1) is 16.5. The van der Waals surface area contributed by atoms with E-state index in [1.165, 1.54) is 28.4 Å². The second-order valence-corrected chi connectivity index (χ2v) is 8.69. The van der Waals surface area contributed by atoms with Crippen LogP contribution >= 0.6 is 15.9 Å². The van der Waals surface area contributed by atoms with Crippen molar-refractivity contribution in [1.29, 1.82) is 0 Å². The molecule has 2 heterocycles. The number of carbonyl (C=O) groups is 3. The van der Waals surface area contributed by atoms with Crippen molar-refractivity contribution in [2.24, 2.45) is 7.05 Å². The molecule has 2 N–H and O–H groups in total. The van der Waals surface area contributed by atoms with Gasteiger partial charge in [0, 0.05) is 17.1 Å². The normalized spacial score (nSPS) is 19.3. The summed E-state index contributed by atoms with van der Waals surface area (Å²) in [5.41, 5.74) is -4.52.